The van der Waals surface area contributed by atoms with E-state index in [-0.39, 0.29) is 30.2 Å². The minimum Gasteiger partial charge on any atom is -0.483 e. The van der Waals surface area contributed by atoms with Crippen LogP contribution in [0.4, 0.5) is 5.69 Å². The number of ketones is 1. The number of amides is 2. The quantitative estimate of drug-likeness (QED) is 0.645. The number of carbonyl (C=O) groups excluding carboxylic acids is 3. The first-order valence-corrected chi connectivity index (χ1v) is 9.32. The molecule has 2 amide bonds. The second-order valence-corrected chi connectivity index (χ2v) is 6.55. The highest BCUT2D eigenvalue weighted by Gasteiger charge is 2.14. The average Bonchev–Trinajstić information content (AvgIpc) is 2.67. The standard InChI is InChI=1S/C22H26N2O4/c1-4-8-21(26)24-18-11-12-20(19(13-18)16(3)25)28-14-22(27)23-15(2)17-9-6-5-7-10-17/h5-7,9-13,15H,4,8,14H2,1-3H3,(H,23,27)(H,24,26)/t15-/m1/s1. The summed E-state index contributed by atoms with van der Waals surface area (Å²) < 4.78 is 5.56. The van der Waals surface area contributed by atoms with Crippen molar-refractivity contribution in [3.63, 3.8) is 0 Å². The predicted octanol–water partition coefficient (Wildman–Crippen LogP) is 3.88. The highest BCUT2D eigenvalue weighted by Crippen LogP contribution is 2.24. The number of nitrogens with one attached hydrogen (secondary N) is 2. The van der Waals surface area contributed by atoms with Gasteiger partial charge in [-0.05, 0) is 44.0 Å². The summed E-state index contributed by atoms with van der Waals surface area (Å²) in [6.45, 7) is 5.01. The maximum atomic E-state index is 12.2. The van der Waals surface area contributed by atoms with Gasteiger partial charge in [-0.1, -0.05) is 37.3 Å². The number of Topliss-reactive ketones (excluding diaryl/α,β-unsaturated/α-hetero) is 1. The summed E-state index contributed by atoms with van der Waals surface area (Å²) >= 11 is 0. The van der Waals surface area contributed by atoms with E-state index >= 15 is 0 Å². The van der Waals surface area contributed by atoms with Crippen LogP contribution in [0.1, 0.15) is 55.6 Å². The summed E-state index contributed by atoms with van der Waals surface area (Å²) in [5.41, 5.74) is 1.84. The van der Waals surface area contributed by atoms with E-state index in [2.05, 4.69) is 10.6 Å². The molecular weight excluding hydrogens is 356 g/mol. The highest BCUT2D eigenvalue weighted by atomic mass is 16.5. The molecule has 0 fully saturated rings. The molecule has 2 N–H and O–H groups in total. The zero-order chi connectivity index (χ0) is 20.5. The Labute approximate surface area is 165 Å². The SMILES string of the molecule is CCCC(=O)Nc1ccc(OCC(=O)N[C@H](C)c2ccccc2)c(C(C)=O)c1. The number of rotatable bonds is 9. The fourth-order valence-electron chi connectivity index (χ4n) is 2.71. The van der Waals surface area contributed by atoms with E-state index < -0.39 is 0 Å². The molecule has 2 rings (SSSR count). The molecule has 0 spiro atoms. The molecule has 0 aliphatic heterocycles. The molecule has 0 saturated carbocycles. The van der Waals surface area contributed by atoms with Gasteiger partial charge in [-0.25, -0.2) is 0 Å². The molecule has 6 heteroatoms. The van der Waals surface area contributed by atoms with E-state index in [1.54, 1.807) is 18.2 Å². The van der Waals surface area contributed by atoms with Crippen LogP contribution in [-0.4, -0.2) is 24.2 Å². The van der Waals surface area contributed by atoms with Crippen molar-refractivity contribution in [2.24, 2.45) is 0 Å². The summed E-state index contributed by atoms with van der Waals surface area (Å²) in [6, 6.07) is 14.3. The van der Waals surface area contributed by atoms with E-state index in [1.807, 2.05) is 44.2 Å². The second-order valence-electron chi connectivity index (χ2n) is 6.55. The Balaban J connectivity index is 1.99. The number of hydrogen-bond acceptors (Lipinski definition) is 4. The summed E-state index contributed by atoms with van der Waals surface area (Å²) in [6.07, 6.45) is 1.15. The van der Waals surface area contributed by atoms with Gasteiger partial charge in [-0.15, -0.1) is 0 Å². The largest absolute Gasteiger partial charge is 0.483 e. The average molecular weight is 382 g/mol. The van der Waals surface area contributed by atoms with E-state index in [1.165, 1.54) is 6.92 Å². The van der Waals surface area contributed by atoms with Gasteiger partial charge in [0.15, 0.2) is 12.4 Å². The summed E-state index contributed by atoms with van der Waals surface area (Å²) in [4.78, 5) is 35.9. The molecule has 148 valence electrons. The van der Waals surface area contributed by atoms with Gasteiger partial charge in [-0.2, -0.15) is 0 Å². The summed E-state index contributed by atoms with van der Waals surface area (Å²) in [5.74, 6) is -0.297. The van der Waals surface area contributed by atoms with E-state index in [0.717, 1.165) is 12.0 Å². The first kappa shape index (κ1) is 21.2. The van der Waals surface area contributed by atoms with Gasteiger partial charge in [-0.3, -0.25) is 14.4 Å². The minimum atomic E-state index is -0.286. The van der Waals surface area contributed by atoms with Crippen molar-refractivity contribution >= 4 is 23.3 Å². The molecule has 2 aromatic carbocycles. The van der Waals surface area contributed by atoms with Gasteiger partial charge in [0.25, 0.3) is 5.91 Å². The van der Waals surface area contributed by atoms with Crippen LogP contribution in [0, 0.1) is 0 Å². The van der Waals surface area contributed by atoms with Gasteiger partial charge in [0.05, 0.1) is 11.6 Å². The third-order valence-electron chi connectivity index (χ3n) is 4.16. The van der Waals surface area contributed by atoms with Crippen molar-refractivity contribution in [1.82, 2.24) is 5.32 Å². The molecule has 2 aromatic rings. The first-order chi connectivity index (χ1) is 13.4. The number of benzene rings is 2. The fourth-order valence-corrected chi connectivity index (χ4v) is 2.71. The molecule has 0 bridgehead atoms. The van der Waals surface area contributed by atoms with E-state index in [4.69, 9.17) is 4.74 Å². The lowest BCUT2D eigenvalue weighted by atomic mass is 10.1. The Kier molecular flexibility index (Phi) is 7.75. The van der Waals surface area contributed by atoms with Crippen LogP contribution in [-0.2, 0) is 9.59 Å². The van der Waals surface area contributed by atoms with Crippen LogP contribution in [0.3, 0.4) is 0 Å². The Hall–Kier alpha value is -3.15. The Morgan fingerprint density at radius 3 is 2.39 bits per heavy atom. The monoisotopic (exact) mass is 382 g/mol. The van der Waals surface area contributed by atoms with E-state index in [9.17, 15) is 14.4 Å². The van der Waals surface area contributed by atoms with Gasteiger partial charge >= 0.3 is 0 Å². The van der Waals surface area contributed by atoms with Crippen molar-refractivity contribution in [3.05, 3.63) is 59.7 Å². The van der Waals surface area contributed by atoms with E-state index in [0.29, 0.717) is 23.4 Å². The van der Waals surface area contributed by atoms with Crippen molar-refractivity contribution in [2.75, 3.05) is 11.9 Å². The number of hydrogen-bond donors (Lipinski definition) is 2. The molecule has 0 aromatic heterocycles. The van der Waals surface area contributed by atoms with Crippen LogP contribution in [0.5, 0.6) is 5.75 Å². The maximum absolute atomic E-state index is 12.2. The minimum absolute atomic E-state index is 0.111. The topological polar surface area (TPSA) is 84.5 Å². The number of ether oxygens (including phenoxy) is 1. The first-order valence-electron chi connectivity index (χ1n) is 9.32. The molecular formula is C22H26N2O4. The zero-order valence-electron chi connectivity index (χ0n) is 16.5. The predicted molar refractivity (Wildman–Crippen MR) is 108 cm³/mol. The van der Waals surface area contributed by atoms with Crippen molar-refractivity contribution < 1.29 is 19.1 Å². The Bertz CT molecular complexity index is 834. The van der Waals surface area contributed by atoms with Gasteiger partial charge in [0, 0.05) is 12.1 Å². The molecule has 1 atom stereocenters. The molecule has 0 aliphatic rings. The smallest absolute Gasteiger partial charge is 0.258 e. The molecule has 28 heavy (non-hydrogen) atoms. The molecule has 0 heterocycles. The van der Waals surface area contributed by atoms with Gasteiger partial charge in [0.2, 0.25) is 5.91 Å². The lowest BCUT2D eigenvalue weighted by Crippen LogP contribution is -2.31. The summed E-state index contributed by atoms with van der Waals surface area (Å²) in [5, 5.41) is 5.61. The van der Waals surface area contributed by atoms with Crippen LogP contribution < -0.4 is 15.4 Å². The molecule has 0 radical (unpaired) electrons. The second kappa shape index (κ2) is 10.3. The molecule has 0 aliphatic carbocycles. The summed E-state index contributed by atoms with van der Waals surface area (Å²) in [7, 11) is 0. The third kappa shape index (κ3) is 6.23. The fraction of sp³-hybridized carbons (Fsp3) is 0.318. The van der Waals surface area contributed by atoms with Crippen molar-refractivity contribution in [1.29, 1.82) is 0 Å². The normalized spacial score (nSPS) is 11.4. The maximum Gasteiger partial charge on any atom is 0.258 e. The molecule has 0 unspecified atom stereocenters. The van der Waals surface area contributed by atoms with Crippen LogP contribution in [0.2, 0.25) is 0 Å². The van der Waals surface area contributed by atoms with Crippen LogP contribution in [0.15, 0.2) is 48.5 Å². The number of anilines is 1. The Morgan fingerprint density at radius 2 is 1.75 bits per heavy atom. The lowest BCUT2D eigenvalue weighted by molar-refractivity contribution is -0.123. The van der Waals surface area contributed by atoms with Gasteiger partial charge in [0.1, 0.15) is 5.75 Å². The third-order valence-corrected chi connectivity index (χ3v) is 4.16. The molecule has 6 nitrogen and oxygen atoms in total. The Morgan fingerprint density at radius 1 is 1.04 bits per heavy atom. The van der Waals surface area contributed by atoms with Crippen molar-refractivity contribution in [3.8, 4) is 5.75 Å². The molecule has 0 saturated heterocycles. The number of carbonyl (C=O) groups is 3. The van der Waals surface area contributed by atoms with Crippen molar-refractivity contribution in [2.45, 2.75) is 39.7 Å². The van der Waals surface area contributed by atoms with Crippen LogP contribution in [0.25, 0.3) is 0 Å². The van der Waals surface area contributed by atoms with Gasteiger partial charge < -0.3 is 15.4 Å². The van der Waals surface area contributed by atoms with Crippen LogP contribution >= 0.6 is 0 Å². The zero-order valence-corrected chi connectivity index (χ0v) is 16.5. The lowest BCUT2D eigenvalue weighted by Gasteiger charge is -2.16. The highest BCUT2D eigenvalue weighted by molar-refractivity contribution is 5.99.